The van der Waals surface area contributed by atoms with E-state index in [1.165, 1.54) is 0 Å². The fourth-order valence-corrected chi connectivity index (χ4v) is 1.49. The Balaban J connectivity index is 2.23. The van der Waals surface area contributed by atoms with E-state index in [4.69, 9.17) is 4.74 Å². The van der Waals surface area contributed by atoms with Gasteiger partial charge in [0.2, 0.25) is 0 Å². The van der Waals surface area contributed by atoms with Gasteiger partial charge in [-0.25, -0.2) is 9.97 Å². The molecule has 1 aromatic heterocycles. The number of hydrogen-bond acceptors (Lipinski definition) is 4. The topological polar surface area (TPSA) is 47.0 Å². The standard InChI is InChI=1S/C9H13N3O/c1-9(6-10-4-5-13-9)8-2-3-11-7-12-8/h2-3,7,10H,4-6H2,1H3. The average molecular weight is 179 g/mol. The van der Waals surface area contributed by atoms with Gasteiger partial charge >= 0.3 is 0 Å². The molecule has 0 radical (unpaired) electrons. The highest BCUT2D eigenvalue weighted by atomic mass is 16.5. The molecular formula is C9H13N3O. The van der Waals surface area contributed by atoms with E-state index in [0.29, 0.717) is 0 Å². The Labute approximate surface area is 77.4 Å². The zero-order valence-corrected chi connectivity index (χ0v) is 7.66. The summed E-state index contributed by atoms with van der Waals surface area (Å²) in [5.74, 6) is 0. The Morgan fingerprint density at radius 1 is 1.62 bits per heavy atom. The first-order chi connectivity index (χ1) is 6.31. The number of rotatable bonds is 1. The molecule has 2 heterocycles. The molecule has 0 saturated carbocycles. The summed E-state index contributed by atoms with van der Waals surface area (Å²) in [6.45, 7) is 4.51. The monoisotopic (exact) mass is 179 g/mol. The molecule has 70 valence electrons. The van der Waals surface area contributed by atoms with E-state index >= 15 is 0 Å². The lowest BCUT2D eigenvalue weighted by atomic mass is 10.0. The van der Waals surface area contributed by atoms with E-state index in [2.05, 4.69) is 15.3 Å². The molecule has 1 aromatic rings. The number of nitrogens with one attached hydrogen (secondary N) is 1. The normalized spacial score (nSPS) is 28.7. The lowest BCUT2D eigenvalue weighted by Gasteiger charge is -2.33. The summed E-state index contributed by atoms with van der Waals surface area (Å²) >= 11 is 0. The van der Waals surface area contributed by atoms with Gasteiger partial charge < -0.3 is 10.1 Å². The van der Waals surface area contributed by atoms with E-state index in [1.807, 2.05) is 13.0 Å². The molecule has 0 aliphatic carbocycles. The third-order valence-corrected chi connectivity index (χ3v) is 2.29. The molecule has 1 N–H and O–H groups in total. The molecule has 1 atom stereocenters. The van der Waals surface area contributed by atoms with Crippen LogP contribution in [-0.4, -0.2) is 29.7 Å². The van der Waals surface area contributed by atoms with Crippen LogP contribution >= 0.6 is 0 Å². The number of hydrogen-bond donors (Lipinski definition) is 1. The van der Waals surface area contributed by atoms with Gasteiger partial charge in [0.05, 0.1) is 12.3 Å². The van der Waals surface area contributed by atoms with Crippen LogP contribution < -0.4 is 5.32 Å². The second kappa shape index (κ2) is 3.40. The maximum atomic E-state index is 5.70. The van der Waals surface area contributed by atoms with Crippen LogP contribution in [0.15, 0.2) is 18.6 Å². The minimum absolute atomic E-state index is 0.290. The number of nitrogens with zero attached hydrogens (tertiary/aromatic N) is 2. The Hall–Kier alpha value is -1.00. The molecule has 0 amide bonds. The van der Waals surface area contributed by atoms with Crippen LogP contribution in [0.2, 0.25) is 0 Å². The van der Waals surface area contributed by atoms with Crippen molar-refractivity contribution in [2.24, 2.45) is 0 Å². The highest BCUT2D eigenvalue weighted by Gasteiger charge is 2.30. The average Bonchev–Trinajstić information content (AvgIpc) is 2.20. The quantitative estimate of drug-likeness (QED) is 0.674. The fraction of sp³-hybridized carbons (Fsp3) is 0.556. The van der Waals surface area contributed by atoms with Crippen molar-refractivity contribution in [1.29, 1.82) is 0 Å². The van der Waals surface area contributed by atoms with Crippen molar-refractivity contribution in [1.82, 2.24) is 15.3 Å². The first-order valence-corrected chi connectivity index (χ1v) is 4.42. The summed E-state index contributed by atoms with van der Waals surface area (Å²) in [4.78, 5) is 8.08. The minimum Gasteiger partial charge on any atom is -0.366 e. The highest BCUT2D eigenvalue weighted by Crippen LogP contribution is 2.23. The zero-order chi connectivity index (χ0) is 9.15. The Morgan fingerprint density at radius 2 is 2.54 bits per heavy atom. The third-order valence-electron chi connectivity index (χ3n) is 2.29. The fourth-order valence-electron chi connectivity index (χ4n) is 1.49. The number of ether oxygens (including phenoxy) is 1. The van der Waals surface area contributed by atoms with Crippen molar-refractivity contribution in [2.75, 3.05) is 19.7 Å². The predicted octanol–water partition coefficient (Wildman–Crippen LogP) is 0.312. The second-order valence-electron chi connectivity index (χ2n) is 3.35. The molecule has 1 aliphatic heterocycles. The molecule has 1 aliphatic rings. The summed E-state index contributed by atoms with van der Waals surface area (Å²) in [6.07, 6.45) is 3.30. The first-order valence-electron chi connectivity index (χ1n) is 4.42. The second-order valence-corrected chi connectivity index (χ2v) is 3.35. The molecule has 1 saturated heterocycles. The SMILES string of the molecule is CC1(c2ccncn2)CNCCO1. The van der Waals surface area contributed by atoms with E-state index < -0.39 is 0 Å². The van der Waals surface area contributed by atoms with Crippen molar-refractivity contribution in [2.45, 2.75) is 12.5 Å². The van der Waals surface area contributed by atoms with Crippen LogP contribution in [0.1, 0.15) is 12.6 Å². The first kappa shape index (κ1) is 8.59. The predicted molar refractivity (Wildman–Crippen MR) is 48.2 cm³/mol. The van der Waals surface area contributed by atoms with E-state index in [9.17, 15) is 0 Å². The molecule has 2 rings (SSSR count). The van der Waals surface area contributed by atoms with Crippen molar-refractivity contribution < 1.29 is 4.74 Å². The molecule has 1 fully saturated rings. The smallest absolute Gasteiger partial charge is 0.120 e. The van der Waals surface area contributed by atoms with Gasteiger partial charge in [0, 0.05) is 19.3 Å². The van der Waals surface area contributed by atoms with Crippen molar-refractivity contribution in [3.8, 4) is 0 Å². The van der Waals surface area contributed by atoms with Crippen LogP contribution in [0.4, 0.5) is 0 Å². The molecular weight excluding hydrogens is 166 g/mol. The van der Waals surface area contributed by atoms with Gasteiger partial charge in [-0.3, -0.25) is 0 Å². The van der Waals surface area contributed by atoms with E-state index in [-0.39, 0.29) is 5.60 Å². The number of morpholine rings is 1. The molecule has 0 spiro atoms. The van der Waals surface area contributed by atoms with Crippen LogP contribution in [0.5, 0.6) is 0 Å². The van der Waals surface area contributed by atoms with Gasteiger partial charge in [0.25, 0.3) is 0 Å². The van der Waals surface area contributed by atoms with Crippen molar-refractivity contribution in [3.63, 3.8) is 0 Å². The van der Waals surface area contributed by atoms with Crippen molar-refractivity contribution >= 4 is 0 Å². The Bertz CT molecular complexity index is 269. The molecule has 4 heteroatoms. The summed E-state index contributed by atoms with van der Waals surface area (Å²) < 4.78 is 5.70. The van der Waals surface area contributed by atoms with Gasteiger partial charge in [-0.05, 0) is 13.0 Å². The van der Waals surface area contributed by atoms with Crippen molar-refractivity contribution in [3.05, 3.63) is 24.3 Å². The Kier molecular flexibility index (Phi) is 2.24. The lowest BCUT2D eigenvalue weighted by Crippen LogP contribution is -2.45. The van der Waals surface area contributed by atoms with Crippen LogP contribution in [0, 0.1) is 0 Å². The molecule has 13 heavy (non-hydrogen) atoms. The Morgan fingerprint density at radius 3 is 3.15 bits per heavy atom. The van der Waals surface area contributed by atoms with E-state index in [0.717, 1.165) is 25.4 Å². The molecule has 0 aromatic carbocycles. The maximum absolute atomic E-state index is 5.70. The highest BCUT2D eigenvalue weighted by molar-refractivity contribution is 5.10. The minimum atomic E-state index is -0.290. The van der Waals surface area contributed by atoms with Gasteiger partial charge in [-0.15, -0.1) is 0 Å². The zero-order valence-electron chi connectivity index (χ0n) is 7.66. The lowest BCUT2D eigenvalue weighted by molar-refractivity contribution is -0.0601. The van der Waals surface area contributed by atoms with Gasteiger partial charge in [-0.2, -0.15) is 0 Å². The summed E-state index contributed by atoms with van der Waals surface area (Å²) in [5, 5.41) is 3.29. The summed E-state index contributed by atoms with van der Waals surface area (Å²) in [6, 6.07) is 1.90. The molecule has 0 bridgehead atoms. The van der Waals surface area contributed by atoms with Gasteiger partial charge in [0.1, 0.15) is 11.9 Å². The van der Waals surface area contributed by atoms with Crippen LogP contribution in [0.25, 0.3) is 0 Å². The largest absolute Gasteiger partial charge is 0.366 e. The summed E-state index contributed by atoms with van der Waals surface area (Å²) in [7, 11) is 0. The third kappa shape index (κ3) is 1.68. The number of aromatic nitrogens is 2. The molecule has 4 nitrogen and oxygen atoms in total. The van der Waals surface area contributed by atoms with Gasteiger partial charge in [0.15, 0.2) is 0 Å². The molecule has 1 unspecified atom stereocenters. The maximum Gasteiger partial charge on any atom is 0.120 e. The van der Waals surface area contributed by atoms with Crippen LogP contribution in [0.3, 0.4) is 0 Å². The summed E-state index contributed by atoms with van der Waals surface area (Å²) in [5.41, 5.74) is 0.649. The van der Waals surface area contributed by atoms with Gasteiger partial charge in [-0.1, -0.05) is 0 Å². The van der Waals surface area contributed by atoms with E-state index in [1.54, 1.807) is 12.5 Å². The van der Waals surface area contributed by atoms with Crippen LogP contribution in [-0.2, 0) is 10.3 Å².